The minimum Gasteiger partial charge on any atom is -0.447 e. The maximum atomic E-state index is 12.6. The van der Waals surface area contributed by atoms with Crippen molar-refractivity contribution in [1.82, 2.24) is 5.32 Å². The molecule has 0 aromatic heterocycles. The predicted molar refractivity (Wildman–Crippen MR) is 172 cm³/mol. The third kappa shape index (κ3) is 24.0. The van der Waals surface area contributed by atoms with Gasteiger partial charge in [0.25, 0.3) is 0 Å². The number of ether oxygens (including phenoxy) is 1. The molecule has 2 N–H and O–H groups in total. The number of amides is 1. The van der Waals surface area contributed by atoms with Gasteiger partial charge in [-0.3, -0.25) is 9.05 Å². The van der Waals surface area contributed by atoms with Crippen LogP contribution in [0.5, 0.6) is 0 Å². The number of quaternary nitrogens is 1. The lowest BCUT2D eigenvalue weighted by Crippen LogP contribution is -2.37. The minimum absolute atomic E-state index is 0.0987. The van der Waals surface area contributed by atoms with E-state index in [9.17, 15) is 14.3 Å². The van der Waals surface area contributed by atoms with Crippen LogP contribution in [0.25, 0.3) is 0 Å². The van der Waals surface area contributed by atoms with E-state index in [0.29, 0.717) is 24.0 Å². The van der Waals surface area contributed by atoms with Gasteiger partial charge in [0.15, 0.2) is 0 Å². The van der Waals surface area contributed by atoms with Crippen LogP contribution in [-0.4, -0.2) is 62.5 Å². The largest absolute Gasteiger partial charge is 0.472 e. The molecule has 9 heteroatoms. The van der Waals surface area contributed by atoms with E-state index in [-0.39, 0.29) is 13.2 Å². The maximum Gasteiger partial charge on any atom is 0.472 e. The topological polar surface area (TPSA) is 94.1 Å². The van der Waals surface area contributed by atoms with Crippen LogP contribution in [0.3, 0.4) is 0 Å². The second-order valence-corrected chi connectivity index (χ2v) is 14.0. The molecule has 244 valence electrons. The first-order valence-corrected chi connectivity index (χ1v) is 18.0. The summed E-state index contributed by atoms with van der Waals surface area (Å²) in [6, 6.07) is 9.56. The fourth-order valence-corrected chi connectivity index (χ4v) is 5.64. The monoisotopic (exact) mass is 613 g/mol. The molecule has 1 rings (SSSR count). The highest BCUT2D eigenvalue weighted by molar-refractivity contribution is 7.47. The molecule has 42 heavy (non-hydrogen) atoms. The van der Waals surface area contributed by atoms with Gasteiger partial charge in [0, 0.05) is 6.54 Å². The molecule has 1 amide bonds. The van der Waals surface area contributed by atoms with Gasteiger partial charge in [-0.2, -0.15) is 0 Å². The Bertz CT molecular complexity index is 834. The Kier molecular flexibility index (Phi) is 22.0. The van der Waals surface area contributed by atoms with Crippen molar-refractivity contribution in [2.45, 2.75) is 129 Å². The van der Waals surface area contributed by atoms with Crippen molar-refractivity contribution in [3.8, 4) is 0 Å². The van der Waals surface area contributed by atoms with E-state index in [1.165, 1.54) is 83.5 Å². The van der Waals surface area contributed by atoms with Crippen LogP contribution in [0, 0.1) is 0 Å². The molecule has 0 heterocycles. The number of likely N-dealkylation sites (N-methyl/N-ethyl adjacent to an activating group) is 1. The Morgan fingerprint density at radius 2 is 1.33 bits per heavy atom. The molecular formula is C33H62N2O6P+. The van der Waals surface area contributed by atoms with Crippen molar-refractivity contribution in [2.75, 3.05) is 40.9 Å². The summed E-state index contributed by atoms with van der Waals surface area (Å²) >= 11 is 0. The Morgan fingerprint density at radius 1 is 0.833 bits per heavy atom. The number of rotatable bonds is 27. The van der Waals surface area contributed by atoms with E-state index in [0.717, 1.165) is 24.8 Å². The van der Waals surface area contributed by atoms with Crippen molar-refractivity contribution in [2.24, 2.45) is 0 Å². The van der Waals surface area contributed by atoms with Crippen molar-refractivity contribution in [3.63, 3.8) is 0 Å². The lowest BCUT2D eigenvalue weighted by Gasteiger charge is -2.25. The van der Waals surface area contributed by atoms with E-state index >= 15 is 0 Å². The summed E-state index contributed by atoms with van der Waals surface area (Å²) in [7, 11) is 1.67. The first-order valence-electron chi connectivity index (χ1n) is 16.5. The molecule has 0 radical (unpaired) electrons. The number of alkyl carbamates (subject to hydrolysis) is 1. The van der Waals surface area contributed by atoms with E-state index in [4.69, 9.17) is 13.8 Å². The molecule has 2 atom stereocenters. The van der Waals surface area contributed by atoms with Crippen LogP contribution in [0.4, 0.5) is 4.79 Å². The van der Waals surface area contributed by atoms with Gasteiger partial charge in [-0.05, 0) is 12.0 Å². The van der Waals surface area contributed by atoms with E-state index in [1.54, 1.807) is 0 Å². The number of phosphoric ester groups is 1. The van der Waals surface area contributed by atoms with Gasteiger partial charge >= 0.3 is 13.9 Å². The van der Waals surface area contributed by atoms with Crippen molar-refractivity contribution in [1.29, 1.82) is 0 Å². The van der Waals surface area contributed by atoms with Gasteiger partial charge in [0.1, 0.15) is 25.9 Å². The molecule has 0 spiro atoms. The Labute approximate surface area is 257 Å². The van der Waals surface area contributed by atoms with Crippen LogP contribution in [0.1, 0.15) is 122 Å². The SMILES string of the molecule is CCCCCCCCCCCCCCCCCCC(COC(=O)NCc1ccccc1)OP(=O)(O)OCC[N+](C)(C)C. The van der Waals surface area contributed by atoms with E-state index in [1.807, 2.05) is 51.5 Å². The summed E-state index contributed by atoms with van der Waals surface area (Å²) in [6.45, 7) is 3.17. The number of hydrogen-bond acceptors (Lipinski definition) is 5. The quantitative estimate of drug-likeness (QED) is 0.0585. The van der Waals surface area contributed by atoms with Crippen molar-refractivity contribution < 1.29 is 32.5 Å². The van der Waals surface area contributed by atoms with Crippen LogP contribution in [0.15, 0.2) is 30.3 Å². The molecule has 0 fully saturated rings. The van der Waals surface area contributed by atoms with Gasteiger partial charge in [0.05, 0.1) is 21.1 Å². The summed E-state index contributed by atoms with van der Waals surface area (Å²) < 4.78 is 29.2. The summed E-state index contributed by atoms with van der Waals surface area (Å²) in [5.74, 6) is 0. The number of unbranched alkanes of at least 4 members (excludes halogenated alkanes) is 15. The zero-order chi connectivity index (χ0) is 30.9. The highest BCUT2D eigenvalue weighted by Gasteiger charge is 2.28. The molecule has 0 aliphatic rings. The van der Waals surface area contributed by atoms with Crippen molar-refractivity contribution >= 4 is 13.9 Å². The molecule has 0 aliphatic carbocycles. The first kappa shape index (κ1) is 38.6. The van der Waals surface area contributed by atoms with Gasteiger partial charge in [0.2, 0.25) is 0 Å². The molecule has 0 saturated carbocycles. The average molecular weight is 614 g/mol. The highest BCUT2D eigenvalue weighted by Crippen LogP contribution is 2.45. The molecular weight excluding hydrogens is 551 g/mol. The summed E-state index contributed by atoms with van der Waals surface area (Å²) in [5.41, 5.74) is 0.959. The molecule has 1 aromatic carbocycles. The Morgan fingerprint density at radius 3 is 1.83 bits per heavy atom. The number of hydrogen-bond donors (Lipinski definition) is 2. The van der Waals surface area contributed by atoms with E-state index < -0.39 is 20.0 Å². The standard InChI is InChI=1S/C33H61N2O6P/c1-5-6-7-8-9-10-11-12-13-14-15-16-17-18-19-23-26-32(41-42(37,38)40-28-27-35(2,3)4)30-39-33(36)34-29-31-24-21-20-22-25-31/h20-22,24-25,32H,5-19,23,26-30H2,1-4H3,(H-,34,36,37,38)/p+1. The molecule has 0 bridgehead atoms. The van der Waals surface area contributed by atoms with E-state index in [2.05, 4.69) is 12.2 Å². The van der Waals surface area contributed by atoms with Crippen LogP contribution < -0.4 is 5.32 Å². The zero-order valence-corrected chi connectivity index (χ0v) is 28.1. The smallest absolute Gasteiger partial charge is 0.447 e. The number of nitrogens with zero attached hydrogens (tertiary/aromatic N) is 1. The molecule has 1 aromatic rings. The normalized spacial score (nSPS) is 13.9. The fraction of sp³-hybridized carbons (Fsp3) is 0.788. The fourth-order valence-electron chi connectivity index (χ4n) is 4.73. The minimum atomic E-state index is -4.27. The zero-order valence-electron chi connectivity index (χ0n) is 27.2. The van der Waals surface area contributed by atoms with Gasteiger partial charge in [-0.1, -0.05) is 140 Å². The summed E-state index contributed by atoms with van der Waals surface area (Å²) in [5, 5.41) is 2.71. The molecule has 8 nitrogen and oxygen atoms in total. The lowest BCUT2D eigenvalue weighted by atomic mass is 10.0. The number of benzene rings is 1. The second kappa shape index (κ2) is 23.9. The Balaban J connectivity index is 2.28. The van der Waals surface area contributed by atoms with Crippen molar-refractivity contribution in [3.05, 3.63) is 35.9 Å². The maximum absolute atomic E-state index is 12.6. The van der Waals surface area contributed by atoms with Gasteiger partial charge in [-0.15, -0.1) is 0 Å². The third-order valence-corrected chi connectivity index (χ3v) is 8.43. The summed E-state index contributed by atoms with van der Waals surface area (Å²) in [4.78, 5) is 22.5. The number of carbonyl (C=O) groups excluding carboxylic acids is 1. The first-order chi connectivity index (χ1) is 20.1. The molecule has 2 unspecified atom stereocenters. The van der Waals surface area contributed by atoms with Gasteiger partial charge < -0.3 is 19.4 Å². The third-order valence-electron chi connectivity index (χ3n) is 7.36. The summed E-state index contributed by atoms with van der Waals surface area (Å²) in [6.07, 6.45) is 19.7. The number of carbonyl (C=O) groups is 1. The predicted octanol–water partition coefficient (Wildman–Crippen LogP) is 8.77. The van der Waals surface area contributed by atoms with Gasteiger partial charge in [-0.25, -0.2) is 9.36 Å². The number of phosphoric acid groups is 1. The van der Waals surface area contributed by atoms with Crippen LogP contribution >= 0.6 is 7.82 Å². The second-order valence-electron chi connectivity index (χ2n) is 12.6. The number of nitrogens with one attached hydrogen (secondary N) is 1. The molecule has 0 aliphatic heterocycles. The lowest BCUT2D eigenvalue weighted by molar-refractivity contribution is -0.870. The highest BCUT2D eigenvalue weighted by atomic mass is 31.2. The molecule has 0 saturated heterocycles. The van der Waals surface area contributed by atoms with Crippen LogP contribution in [0.2, 0.25) is 0 Å². The van der Waals surface area contributed by atoms with Crippen LogP contribution in [-0.2, 0) is 24.9 Å². The Hall–Kier alpha value is -1.44. The average Bonchev–Trinajstić information content (AvgIpc) is 2.94.